The zero-order valence-electron chi connectivity index (χ0n) is 13.6. The summed E-state index contributed by atoms with van der Waals surface area (Å²) in [7, 11) is 0. The third-order valence-electron chi connectivity index (χ3n) is 4.60. The van der Waals surface area contributed by atoms with Crippen LogP contribution in [0.3, 0.4) is 0 Å². The second-order valence-electron chi connectivity index (χ2n) is 6.94. The highest BCUT2D eigenvalue weighted by Crippen LogP contribution is 2.59. The SMILES string of the molecule is CC(C)=C[C@@H]1[C@@H](C(=O)Nc2cccc3cccnc23)C1(C)C. The van der Waals surface area contributed by atoms with Gasteiger partial charge in [-0.1, -0.05) is 43.7 Å². The van der Waals surface area contributed by atoms with Crippen molar-refractivity contribution in [1.82, 2.24) is 4.98 Å². The van der Waals surface area contributed by atoms with Crippen molar-refractivity contribution in [2.45, 2.75) is 27.7 Å². The van der Waals surface area contributed by atoms with Crippen LogP contribution in [0.4, 0.5) is 5.69 Å². The van der Waals surface area contributed by atoms with Crippen molar-refractivity contribution in [3.63, 3.8) is 0 Å². The first kappa shape index (κ1) is 14.8. The number of hydrogen-bond acceptors (Lipinski definition) is 2. The number of nitrogens with zero attached hydrogens (tertiary/aromatic N) is 1. The lowest BCUT2D eigenvalue weighted by atomic mass is 10.1. The number of fused-ring (bicyclic) bond motifs is 1. The number of anilines is 1. The summed E-state index contributed by atoms with van der Waals surface area (Å²) in [6.07, 6.45) is 3.97. The molecule has 1 N–H and O–H groups in total. The number of benzene rings is 1. The fraction of sp³-hybridized carbons (Fsp3) is 0.368. The van der Waals surface area contributed by atoms with Gasteiger partial charge in [-0.05, 0) is 37.3 Å². The summed E-state index contributed by atoms with van der Waals surface area (Å²) in [5, 5.41) is 4.11. The van der Waals surface area contributed by atoms with Crippen LogP contribution in [0.25, 0.3) is 10.9 Å². The van der Waals surface area contributed by atoms with Gasteiger partial charge in [0.25, 0.3) is 0 Å². The maximum atomic E-state index is 12.7. The fourth-order valence-corrected chi connectivity index (χ4v) is 3.26. The summed E-state index contributed by atoms with van der Waals surface area (Å²) < 4.78 is 0. The maximum Gasteiger partial charge on any atom is 0.228 e. The second kappa shape index (κ2) is 5.24. The Balaban J connectivity index is 1.84. The van der Waals surface area contributed by atoms with Crippen molar-refractivity contribution in [1.29, 1.82) is 0 Å². The second-order valence-corrected chi connectivity index (χ2v) is 6.94. The van der Waals surface area contributed by atoms with Gasteiger partial charge in [-0.25, -0.2) is 0 Å². The van der Waals surface area contributed by atoms with E-state index in [-0.39, 0.29) is 17.2 Å². The van der Waals surface area contributed by atoms with Crippen molar-refractivity contribution in [2.75, 3.05) is 5.32 Å². The number of aromatic nitrogens is 1. The highest BCUT2D eigenvalue weighted by atomic mass is 16.2. The van der Waals surface area contributed by atoms with Gasteiger partial charge in [0.15, 0.2) is 0 Å². The van der Waals surface area contributed by atoms with Gasteiger partial charge in [-0.2, -0.15) is 0 Å². The van der Waals surface area contributed by atoms with Gasteiger partial charge >= 0.3 is 0 Å². The number of amides is 1. The lowest BCUT2D eigenvalue weighted by Gasteiger charge is -2.08. The molecule has 3 heteroatoms. The van der Waals surface area contributed by atoms with E-state index in [1.807, 2.05) is 30.3 Å². The Hall–Kier alpha value is -2.16. The number of hydrogen-bond donors (Lipinski definition) is 1. The highest BCUT2D eigenvalue weighted by molar-refractivity contribution is 6.02. The quantitative estimate of drug-likeness (QED) is 0.852. The van der Waals surface area contributed by atoms with E-state index in [9.17, 15) is 4.79 Å². The van der Waals surface area contributed by atoms with Crippen LogP contribution >= 0.6 is 0 Å². The van der Waals surface area contributed by atoms with Crippen molar-refractivity contribution < 1.29 is 4.79 Å². The molecule has 1 aliphatic carbocycles. The Morgan fingerprint density at radius 1 is 1.23 bits per heavy atom. The molecular weight excluding hydrogens is 272 g/mol. The number of carbonyl (C=O) groups is 1. The van der Waals surface area contributed by atoms with E-state index in [0.717, 1.165) is 16.6 Å². The first-order valence-corrected chi connectivity index (χ1v) is 7.71. The molecule has 1 heterocycles. The average Bonchev–Trinajstić information content (AvgIpc) is 2.99. The minimum atomic E-state index is 0.0271. The Kier molecular flexibility index (Phi) is 3.51. The van der Waals surface area contributed by atoms with Crippen molar-refractivity contribution in [3.05, 3.63) is 48.2 Å². The molecule has 2 aromatic rings. The summed E-state index contributed by atoms with van der Waals surface area (Å²) in [6.45, 7) is 8.47. The molecule has 1 aromatic heterocycles. The maximum absolute atomic E-state index is 12.7. The molecule has 0 aliphatic heterocycles. The molecule has 1 saturated carbocycles. The van der Waals surface area contributed by atoms with Gasteiger partial charge in [0.2, 0.25) is 5.91 Å². The van der Waals surface area contributed by atoms with Gasteiger partial charge in [0, 0.05) is 11.6 Å². The molecule has 0 bridgehead atoms. The number of rotatable bonds is 3. The minimum absolute atomic E-state index is 0.0271. The molecule has 3 rings (SSSR count). The molecule has 0 radical (unpaired) electrons. The molecule has 3 nitrogen and oxygen atoms in total. The van der Waals surface area contributed by atoms with E-state index in [1.165, 1.54) is 5.57 Å². The zero-order valence-corrected chi connectivity index (χ0v) is 13.6. The topological polar surface area (TPSA) is 42.0 Å². The number of nitrogens with one attached hydrogen (secondary N) is 1. The Morgan fingerprint density at radius 2 is 1.95 bits per heavy atom. The van der Waals surface area contributed by atoms with Crippen molar-refractivity contribution in [3.8, 4) is 0 Å². The van der Waals surface area contributed by atoms with Crippen LogP contribution in [0.1, 0.15) is 27.7 Å². The third-order valence-corrected chi connectivity index (χ3v) is 4.60. The van der Waals surface area contributed by atoms with Crippen LogP contribution in [-0.2, 0) is 4.79 Å². The van der Waals surface area contributed by atoms with E-state index in [1.54, 1.807) is 6.20 Å². The molecule has 0 spiro atoms. The van der Waals surface area contributed by atoms with E-state index in [2.05, 4.69) is 44.1 Å². The molecular formula is C19H22N2O. The van der Waals surface area contributed by atoms with E-state index < -0.39 is 0 Å². The number of carbonyl (C=O) groups excluding carboxylic acids is 1. The van der Waals surface area contributed by atoms with Gasteiger partial charge < -0.3 is 5.32 Å². The van der Waals surface area contributed by atoms with Gasteiger partial charge in [0.1, 0.15) is 0 Å². The smallest absolute Gasteiger partial charge is 0.228 e. The molecule has 2 atom stereocenters. The van der Waals surface area contributed by atoms with E-state index >= 15 is 0 Å². The van der Waals surface area contributed by atoms with Crippen LogP contribution in [-0.4, -0.2) is 10.9 Å². The molecule has 0 saturated heterocycles. The molecule has 1 aliphatic rings. The normalized spacial score (nSPS) is 22.2. The Morgan fingerprint density at radius 3 is 2.68 bits per heavy atom. The first-order valence-electron chi connectivity index (χ1n) is 7.71. The Bertz CT molecular complexity index is 752. The van der Waals surface area contributed by atoms with E-state index in [0.29, 0.717) is 5.92 Å². The number of pyridine rings is 1. The fourth-order valence-electron chi connectivity index (χ4n) is 3.26. The van der Waals surface area contributed by atoms with Crippen LogP contribution in [0, 0.1) is 17.3 Å². The third kappa shape index (κ3) is 2.52. The van der Waals surface area contributed by atoms with Crippen LogP contribution in [0.5, 0.6) is 0 Å². The van der Waals surface area contributed by atoms with Crippen molar-refractivity contribution >= 4 is 22.5 Å². The molecule has 0 unspecified atom stereocenters. The first-order chi connectivity index (χ1) is 10.4. The number of allylic oxidation sites excluding steroid dienone is 2. The predicted octanol–water partition coefficient (Wildman–Crippen LogP) is 4.41. The van der Waals surface area contributed by atoms with Crippen molar-refractivity contribution in [2.24, 2.45) is 17.3 Å². The number of para-hydroxylation sites is 1. The van der Waals surface area contributed by atoms with Gasteiger partial charge in [-0.15, -0.1) is 0 Å². The average molecular weight is 294 g/mol. The lowest BCUT2D eigenvalue weighted by Crippen LogP contribution is -2.17. The van der Waals surface area contributed by atoms with Gasteiger partial charge in [-0.3, -0.25) is 9.78 Å². The molecule has 1 fully saturated rings. The summed E-state index contributed by atoms with van der Waals surface area (Å²) in [5.41, 5.74) is 2.93. The van der Waals surface area contributed by atoms with Crippen LogP contribution in [0.15, 0.2) is 48.2 Å². The molecule has 1 amide bonds. The monoisotopic (exact) mass is 294 g/mol. The standard InChI is InChI=1S/C19H22N2O/c1-12(2)11-14-16(19(14,3)4)18(22)21-15-9-5-7-13-8-6-10-20-17(13)15/h5-11,14,16H,1-4H3,(H,21,22)/t14-,16+/m1/s1. The largest absolute Gasteiger partial charge is 0.324 e. The van der Waals surface area contributed by atoms with Gasteiger partial charge in [0.05, 0.1) is 17.1 Å². The summed E-state index contributed by atoms with van der Waals surface area (Å²) in [5.74, 6) is 0.437. The molecule has 1 aromatic carbocycles. The molecule has 114 valence electrons. The summed E-state index contributed by atoms with van der Waals surface area (Å²) in [6, 6.07) is 9.78. The van der Waals surface area contributed by atoms with Crippen LogP contribution < -0.4 is 5.32 Å². The highest BCUT2D eigenvalue weighted by Gasteiger charge is 2.60. The lowest BCUT2D eigenvalue weighted by molar-refractivity contribution is -0.118. The Labute approximate surface area is 131 Å². The van der Waals surface area contributed by atoms with Crippen LogP contribution in [0.2, 0.25) is 0 Å². The zero-order chi connectivity index (χ0) is 15.9. The minimum Gasteiger partial charge on any atom is -0.324 e. The molecule has 22 heavy (non-hydrogen) atoms. The summed E-state index contributed by atoms with van der Waals surface area (Å²) >= 11 is 0. The summed E-state index contributed by atoms with van der Waals surface area (Å²) in [4.78, 5) is 17.0. The van der Waals surface area contributed by atoms with E-state index in [4.69, 9.17) is 0 Å². The predicted molar refractivity (Wildman–Crippen MR) is 90.6 cm³/mol.